The number of nitrogens with one attached hydrogen (secondary N) is 3. The Labute approximate surface area is 191 Å². The third-order valence-corrected chi connectivity index (χ3v) is 5.06. The number of halogens is 2. The summed E-state index contributed by atoms with van der Waals surface area (Å²) >= 11 is 5.99. The summed E-state index contributed by atoms with van der Waals surface area (Å²) in [7, 11) is 5.19. The first-order valence-corrected chi connectivity index (χ1v) is 10.3. The fraction of sp³-hybridized carbons (Fsp3) is 0.227. The third-order valence-electron chi connectivity index (χ3n) is 4.76. The van der Waals surface area contributed by atoms with Crippen molar-refractivity contribution in [2.75, 3.05) is 50.6 Å². The maximum atomic E-state index is 15.7. The number of carbonyl (C=O) groups excluding carboxylic acids is 1. The number of nitrogen functional groups attached to an aromatic ring is 1. The summed E-state index contributed by atoms with van der Waals surface area (Å²) in [5.74, 6) is -0.426. The summed E-state index contributed by atoms with van der Waals surface area (Å²) < 4.78 is 15.7. The molecule has 3 rings (SSSR count). The zero-order valence-electron chi connectivity index (χ0n) is 18.0. The van der Waals surface area contributed by atoms with Crippen molar-refractivity contribution in [3.63, 3.8) is 0 Å². The smallest absolute Gasteiger partial charge is 0.253 e. The van der Waals surface area contributed by atoms with Crippen molar-refractivity contribution in [2.24, 2.45) is 0 Å². The minimum absolute atomic E-state index is 0.0740. The molecule has 5 N–H and O–H groups in total. The molecule has 3 aromatic rings. The predicted molar refractivity (Wildman–Crippen MR) is 127 cm³/mol. The quantitative estimate of drug-likeness (QED) is 0.302. The van der Waals surface area contributed by atoms with Gasteiger partial charge in [0.05, 0.1) is 5.69 Å². The number of hydrogen-bond acceptors (Lipinski definition) is 7. The van der Waals surface area contributed by atoms with Gasteiger partial charge in [-0.1, -0.05) is 23.7 Å². The van der Waals surface area contributed by atoms with E-state index in [-0.39, 0.29) is 28.3 Å². The molecule has 0 aliphatic heterocycles. The summed E-state index contributed by atoms with van der Waals surface area (Å²) in [5, 5.41) is 9.25. The van der Waals surface area contributed by atoms with Crippen molar-refractivity contribution >= 4 is 40.4 Å². The molecule has 0 unspecified atom stereocenters. The number of aromatic nitrogens is 2. The second-order valence-electron chi connectivity index (χ2n) is 7.21. The lowest BCUT2D eigenvalue weighted by atomic mass is 10.0. The van der Waals surface area contributed by atoms with Crippen LogP contribution in [0, 0.1) is 5.82 Å². The molecule has 0 radical (unpaired) electrons. The number of amides is 1. The van der Waals surface area contributed by atoms with Gasteiger partial charge in [0.25, 0.3) is 5.91 Å². The number of likely N-dealkylation sites (N-methyl/N-ethyl adjacent to an activating group) is 1. The second kappa shape index (κ2) is 10.3. The molecule has 1 heterocycles. The van der Waals surface area contributed by atoms with Gasteiger partial charge in [0.2, 0.25) is 0 Å². The normalized spacial score (nSPS) is 10.7. The molecular weight excluding hydrogens is 433 g/mol. The largest absolute Gasteiger partial charge is 0.393 e. The molecule has 0 atom stereocenters. The molecule has 0 aliphatic rings. The lowest BCUT2D eigenvalue weighted by Crippen LogP contribution is -2.21. The Bertz CT molecular complexity index is 1110. The number of nitrogens with zero attached hydrogens (tertiary/aromatic N) is 3. The van der Waals surface area contributed by atoms with Crippen LogP contribution >= 0.6 is 11.6 Å². The Balaban J connectivity index is 2.02. The predicted octanol–water partition coefficient (Wildman–Crippen LogP) is 3.60. The minimum atomic E-state index is -0.500. The van der Waals surface area contributed by atoms with Crippen LogP contribution in [0.1, 0.15) is 10.4 Å². The van der Waals surface area contributed by atoms with Gasteiger partial charge in [0, 0.05) is 38.3 Å². The monoisotopic (exact) mass is 457 g/mol. The highest BCUT2D eigenvalue weighted by Gasteiger charge is 2.18. The number of hydrogen-bond donors (Lipinski definition) is 4. The zero-order valence-corrected chi connectivity index (χ0v) is 18.8. The van der Waals surface area contributed by atoms with Gasteiger partial charge in [0.1, 0.15) is 17.7 Å². The minimum Gasteiger partial charge on any atom is -0.393 e. The fourth-order valence-corrected chi connectivity index (χ4v) is 3.17. The van der Waals surface area contributed by atoms with Crippen LogP contribution in [-0.2, 0) is 0 Å². The maximum absolute atomic E-state index is 15.7. The van der Waals surface area contributed by atoms with Gasteiger partial charge in [0.15, 0.2) is 16.8 Å². The van der Waals surface area contributed by atoms with Gasteiger partial charge in [-0.2, -0.15) is 0 Å². The van der Waals surface area contributed by atoms with Gasteiger partial charge in [-0.25, -0.2) is 14.4 Å². The molecule has 0 saturated carbocycles. The number of carbonyl (C=O) groups is 1. The third kappa shape index (κ3) is 5.06. The fourth-order valence-electron chi connectivity index (χ4n) is 3.03. The highest BCUT2D eigenvalue weighted by molar-refractivity contribution is 6.32. The van der Waals surface area contributed by atoms with Gasteiger partial charge < -0.3 is 26.6 Å². The molecule has 0 fully saturated rings. The topological polar surface area (TPSA) is 108 Å². The van der Waals surface area contributed by atoms with E-state index >= 15 is 4.39 Å². The first kappa shape index (κ1) is 23.2. The van der Waals surface area contributed by atoms with Crippen molar-refractivity contribution in [2.45, 2.75) is 0 Å². The summed E-state index contributed by atoms with van der Waals surface area (Å²) in [4.78, 5) is 21.5. The summed E-state index contributed by atoms with van der Waals surface area (Å²) in [6.45, 7) is 1.26. The lowest BCUT2D eigenvalue weighted by Gasteiger charge is -2.18. The van der Waals surface area contributed by atoms with E-state index in [0.717, 1.165) is 0 Å². The van der Waals surface area contributed by atoms with Crippen molar-refractivity contribution in [1.82, 2.24) is 20.2 Å². The molecule has 1 amide bonds. The van der Waals surface area contributed by atoms with Crippen molar-refractivity contribution in [3.8, 4) is 11.1 Å². The molecule has 0 spiro atoms. The molecule has 8 nitrogen and oxygen atoms in total. The summed E-state index contributed by atoms with van der Waals surface area (Å²) in [6.07, 6.45) is 1.25. The Kier molecular flexibility index (Phi) is 7.45. The maximum Gasteiger partial charge on any atom is 0.253 e. The van der Waals surface area contributed by atoms with Gasteiger partial charge in [-0.05, 0) is 36.9 Å². The van der Waals surface area contributed by atoms with Gasteiger partial charge in [-0.3, -0.25) is 4.79 Å². The zero-order chi connectivity index (χ0) is 23.3. The summed E-state index contributed by atoms with van der Waals surface area (Å²) in [5.41, 5.74) is 8.29. The average Bonchev–Trinajstić information content (AvgIpc) is 2.78. The van der Waals surface area contributed by atoms with Crippen LogP contribution in [0.25, 0.3) is 11.1 Å². The van der Waals surface area contributed by atoms with Crippen LogP contribution in [-0.4, -0.2) is 55.0 Å². The molecule has 0 saturated heterocycles. The second-order valence-corrected chi connectivity index (χ2v) is 7.57. The summed E-state index contributed by atoms with van der Waals surface area (Å²) in [6, 6.07) is 10.2. The standard InChI is InChI=1S/C22H25ClFN7O/c1-26-10-11-27-16-9-8-15(13-4-6-14(7-5-13)22(32)31(2)3)17(24)19(16)30-21-18(25)20(23)28-12-29-21/h4-9,12,26-27H,10-11,25H2,1-3H3,(H,28,29,30). The number of nitrogens with two attached hydrogens (primary N) is 1. The molecule has 1 aromatic heterocycles. The average molecular weight is 458 g/mol. The van der Waals surface area contributed by atoms with Crippen molar-refractivity contribution < 1.29 is 9.18 Å². The SMILES string of the molecule is CNCCNc1ccc(-c2ccc(C(=O)N(C)C)cc2)c(F)c1Nc1ncnc(Cl)c1N. The van der Waals surface area contributed by atoms with E-state index in [1.54, 1.807) is 50.5 Å². The number of anilines is 4. The van der Waals surface area contributed by atoms with E-state index in [4.69, 9.17) is 17.3 Å². The van der Waals surface area contributed by atoms with Crippen LogP contribution in [0.5, 0.6) is 0 Å². The van der Waals surface area contributed by atoms with Crippen LogP contribution in [0.4, 0.5) is 27.3 Å². The van der Waals surface area contributed by atoms with Gasteiger partial charge >= 0.3 is 0 Å². The highest BCUT2D eigenvalue weighted by Crippen LogP contribution is 2.37. The van der Waals surface area contributed by atoms with E-state index in [1.807, 2.05) is 7.05 Å². The van der Waals surface area contributed by atoms with E-state index in [1.165, 1.54) is 11.2 Å². The molecule has 10 heteroatoms. The first-order chi connectivity index (χ1) is 15.3. The molecular formula is C22H25ClFN7O. The van der Waals surface area contributed by atoms with Crippen molar-refractivity contribution in [3.05, 3.63) is 59.3 Å². The van der Waals surface area contributed by atoms with Crippen LogP contribution in [0.3, 0.4) is 0 Å². The Morgan fingerprint density at radius 2 is 1.84 bits per heavy atom. The van der Waals surface area contributed by atoms with E-state index < -0.39 is 5.82 Å². The molecule has 168 valence electrons. The molecule has 2 aromatic carbocycles. The Morgan fingerprint density at radius 1 is 1.12 bits per heavy atom. The molecule has 0 bridgehead atoms. The van der Waals surface area contributed by atoms with E-state index in [2.05, 4.69) is 25.9 Å². The number of rotatable bonds is 8. The first-order valence-electron chi connectivity index (χ1n) is 9.89. The van der Waals surface area contributed by atoms with Crippen LogP contribution in [0.2, 0.25) is 5.15 Å². The van der Waals surface area contributed by atoms with E-state index in [0.29, 0.717) is 35.5 Å². The molecule has 0 aliphatic carbocycles. The lowest BCUT2D eigenvalue weighted by molar-refractivity contribution is 0.0827. The highest BCUT2D eigenvalue weighted by atomic mass is 35.5. The Morgan fingerprint density at radius 3 is 2.50 bits per heavy atom. The number of benzene rings is 2. The van der Waals surface area contributed by atoms with Gasteiger partial charge in [-0.15, -0.1) is 0 Å². The van der Waals surface area contributed by atoms with E-state index in [9.17, 15) is 4.79 Å². The van der Waals surface area contributed by atoms with Crippen LogP contribution < -0.4 is 21.7 Å². The van der Waals surface area contributed by atoms with Crippen molar-refractivity contribution in [1.29, 1.82) is 0 Å². The Hall–Kier alpha value is -3.43. The van der Waals surface area contributed by atoms with Crippen LogP contribution in [0.15, 0.2) is 42.7 Å². The molecule has 32 heavy (non-hydrogen) atoms.